The highest BCUT2D eigenvalue weighted by molar-refractivity contribution is 9.10. The van der Waals surface area contributed by atoms with Gasteiger partial charge in [-0.3, -0.25) is 4.21 Å². The summed E-state index contributed by atoms with van der Waals surface area (Å²) in [5.74, 6) is 0.388. The minimum Gasteiger partial charge on any atom is -0.254 e. The normalized spacial score (nSPS) is 11.8. The van der Waals surface area contributed by atoms with Crippen LogP contribution in [-0.2, 0) is 16.6 Å². The molecule has 0 aliphatic carbocycles. The summed E-state index contributed by atoms with van der Waals surface area (Å²) in [4.78, 5) is 4.66. The molecule has 2 rings (SSSR count). The van der Waals surface area contributed by atoms with E-state index in [1.807, 2.05) is 30.3 Å². The Balaban J connectivity index is 2.16. The second-order valence-electron chi connectivity index (χ2n) is 3.60. The second kappa shape index (κ2) is 5.89. The van der Waals surface area contributed by atoms with Crippen LogP contribution in [0.5, 0.6) is 0 Å². The van der Waals surface area contributed by atoms with Crippen LogP contribution in [0.4, 0.5) is 0 Å². The first kappa shape index (κ1) is 12.9. The van der Waals surface area contributed by atoms with Crippen LogP contribution in [0.25, 0.3) is 0 Å². The molecule has 3 nitrogen and oxygen atoms in total. The van der Waals surface area contributed by atoms with E-state index in [0.717, 1.165) is 14.9 Å². The first-order valence-corrected chi connectivity index (χ1v) is 7.29. The molecule has 0 saturated carbocycles. The van der Waals surface area contributed by atoms with E-state index in [1.54, 1.807) is 18.3 Å². The standard InChI is InChI=1S/C13H9BrN2OS/c14-11-1-3-13(4-2-11)18(17)9-10-5-6-16-12(7-10)8-15/h1-7H,9H2. The predicted octanol–water partition coefficient (Wildman–Crippen LogP) is 3.02. The van der Waals surface area contributed by atoms with E-state index in [1.165, 1.54) is 0 Å². The molecule has 0 amide bonds. The molecule has 0 aliphatic rings. The monoisotopic (exact) mass is 320 g/mol. The Morgan fingerprint density at radius 3 is 2.67 bits per heavy atom. The highest BCUT2D eigenvalue weighted by Gasteiger charge is 2.06. The third-order valence-corrected chi connectivity index (χ3v) is 4.24. The number of nitrogens with zero attached hydrogens (tertiary/aromatic N) is 2. The molecule has 0 fully saturated rings. The largest absolute Gasteiger partial charge is 0.254 e. The molecule has 0 aliphatic heterocycles. The Morgan fingerprint density at radius 2 is 2.00 bits per heavy atom. The van der Waals surface area contributed by atoms with Crippen molar-refractivity contribution in [1.82, 2.24) is 4.98 Å². The van der Waals surface area contributed by atoms with E-state index in [9.17, 15) is 4.21 Å². The van der Waals surface area contributed by atoms with Crippen LogP contribution in [0.1, 0.15) is 11.3 Å². The number of aromatic nitrogens is 1. The molecule has 0 spiro atoms. The number of hydrogen-bond acceptors (Lipinski definition) is 3. The summed E-state index contributed by atoms with van der Waals surface area (Å²) >= 11 is 3.34. The highest BCUT2D eigenvalue weighted by atomic mass is 79.9. The molecule has 18 heavy (non-hydrogen) atoms. The van der Waals surface area contributed by atoms with Crippen LogP contribution >= 0.6 is 15.9 Å². The van der Waals surface area contributed by atoms with Crippen molar-refractivity contribution in [3.8, 4) is 6.07 Å². The van der Waals surface area contributed by atoms with Crippen LogP contribution in [0.15, 0.2) is 52.0 Å². The van der Waals surface area contributed by atoms with Crippen LogP contribution in [0.3, 0.4) is 0 Å². The van der Waals surface area contributed by atoms with Crippen molar-refractivity contribution in [1.29, 1.82) is 5.26 Å². The molecule has 0 radical (unpaired) electrons. The second-order valence-corrected chi connectivity index (χ2v) is 5.97. The topological polar surface area (TPSA) is 53.8 Å². The van der Waals surface area contributed by atoms with Crippen LogP contribution in [-0.4, -0.2) is 9.19 Å². The van der Waals surface area contributed by atoms with Gasteiger partial charge in [0, 0.05) is 15.6 Å². The molecule has 90 valence electrons. The number of benzene rings is 1. The maximum atomic E-state index is 12.1. The van der Waals surface area contributed by atoms with E-state index in [-0.39, 0.29) is 0 Å². The molecule has 1 heterocycles. The van der Waals surface area contributed by atoms with Gasteiger partial charge in [-0.2, -0.15) is 5.26 Å². The van der Waals surface area contributed by atoms with E-state index in [4.69, 9.17) is 5.26 Å². The molecule has 0 saturated heterocycles. The average Bonchev–Trinajstić information content (AvgIpc) is 2.39. The van der Waals surface area contributed by atoms with Crippen LogP contribution < -0.4 is 0 Å². The van der Waals surface area contributed by atoms with Gasteiger partial charge >= 0.3 is 0 Å². The van der Waals surface area contributed by atoms with Crippen molar-refractivity contribution in [2.45, 2.75) is 10.6 Å². The summed E-state index contributed by atoms with van der Waals surface area (Å²) in [6, 6.07) is 12.8. The summed E-state index contributed by atoms with van der Waals surface area (Å²) in [6.07, 6.45) is 1.56. The molecule has 2 aromatic rings. The third kappa shape index (κ3) is 3.25. The Kier molecular flexibility index (Phi) is 4.24. The van der Waals surface area contributed by atoms with Gasteiger partial charge in [0.1, 0.15) is 11.8 Å². The van der Waals surface area contributed by atoms with Crippen molar-refractivity contribution in [3.63, 3.8) is 0 Å². The van der Waals surface area contributed by atoms with Crippen molar-refractivity contribution in [2.24, 2.45) is 0 Å². The van der Waals surface area contributed by atoms with Gasteiger partial charge in [-0.1, -0.05) is 15.9 Å². The van der Waals surface area contributed by atoms with Gasteiger partial charge in [0.15, 0.2) is 0 Å². The van der Waals surface area contributed by atoms with E-state index < -0.39 is 10.8 Å². The lowest BCUT2D eigenvalue weighted by Gasteiger charge is -2.03. The van der Waals surface area contributed by atoms with Gasteiger partial charge in [-0.05, 0) is 42.0 Å². The molecule has 0 N–H and O–H groups in total. The Hall–Kier alpha value is -1.51. The molecule has 1 atom stereocenters. The summed E-state index contributed by atoms with van der Waals surface area (Å²) in [6.45, 7) is 0. The minimum absolute atomic E-state index is 0.348. The first-order valence-electron chi connectivity index (χ1n) is 5.18. The maximum Gasteiger partial charge on any atom is 0.140 e. The zero-order valence-corrected chi connectivity index (χ0v) is 11.7. The smallest absolute Gasteiger partial charge is 0.140 e. The van der Waals surface area contributed by atoms with Gasteiger partial charge in [0.2, 0.25) is 0 Å². The molecule has 1 aromatic heterocycles. The molecule has 1 aromatic carbocycles. The lowest BCUT2D eigenvalue weighted by Crippen LogP contribution is -1.97. The van der Waals surface area contributed by atoms with Crippen molar-refractivity contribution < 1.29 is 4.21 Å². The fourth-order valence-electron chi connectivity index (χ4n) is 1.45. The fourth-order valence-corrected chi connectivity index (χ4v) is 2.80. The quantitative estimate of drug-likeness (QED) is 0.873. The first-order chi connectivity index (χ1) is 8.69. The SMILES string of the molecule is N#Cc1cc(CS(=O)c2ccc(Br)cc2)ccn1. The third-order valence-electron chi connectivity index (χ3n) is 2.31. The number of pyridine rings is 1. The zero-order valence-electron chi connectivity index (χ0n) is 9.34. The lowest BCUT2D eigenvalue weighted by molar-refractivity contribution is 0.682. The van der Waals surface area contributed by atoms with E-state index in [0.29, 0.717) is 11.4 Å². The molecule has 5 heteroatoms. The Labute approximate surface area is 116 Å². The predicted molar refractivity (Wildman–Crippen MR) is 73.2 cm³/mol. The Morgan fingerprint density at radius 1 is 1.28 bits per heavy atom. The molecular formula is C13H9BrN2OS. The van der Waals surface area contributed by atoms with Gasteiger partial charge in [-0.25, -0.2) is 4.98 Å². The Bertz CT molecular complexity index is 620. The highest BCUT2D eigenvalue weighted by Crippen LogP contribution is 2.16. The van der Waals surface area contributed by atoms with Crippen molar-refractivity contribution in [2.75, 3.05) is 0 Å². The van der Waals surface area contributed by atoms with Gasteiger partial charge in [0.25, 0.3) is 0 Å². The molecular weight excluding hydrogens is 312 g/mol. The summed E-state index contributed by atoms with van der Waals surface area (Å²) in [7, 11) is -1.11. The summed E-state index contributed by atoms with van der Waals surface area (Å²) in [5.41, 5.74) is 1.20. The number of hydrogen-bond donors (Lipinski definition) is 0. The average molecular weight is 321 g/mol. The molecule has 0 bridgehead atoms. The van der Waals surface area contributed by atoms with Gasteiger partial charge in [0.05, 0.1) is 16.6 Å². The number of halogens is 1. The summed E-state index contributed by atoms with van der Waals surface area (Å²) in [5, 5.41) is 8.75. The number of rotatable bonds is 3. The van der Waals surface area contributed by atoms with E-state index >= 15 is 0 Å². The summed E-state index contributed by atoms with van der Waals surface area (Å²) < 4.78 is 13.1. The van der Waals surface area contributed by atoms with Crippen molar-refractivity contribution >= 4 is 26.7 Å². The van der Waals surface area contributed by atoms with Gasteiger partial charge < -0.3 is 0 Å². The fraction of sp³-hybridized carbons (Fsp3) is 0.0769. The molecule has 1 unspecified atom stereocenters. The zero-order chi connectivity index (χ0) is 13.0. The van der Waals surface area contributed by atoms with Crippen LogP contribution in [0.2, 0.25) is 0 Å². The van der Waals surface area contributed by atoms with Gasteiger partial charge in [-0.15, -0.1) is 0 Å². The van der Waals surface area contributed by atoms with Crippen molar-refractivity contribution in [3.05, 3.63) is 58.3 Å². The lowest BCUT2D eigenvalue weighted by atomic mass is 10.2. The minimum atomic E-state index is -1.11. The maximum absolute atomic E-state index is 12.1. The van der Waals surface area contributed by atoms with E-state index in [2.05, 4.69) is 20.9 Å². The van der Waals surface area contributed by atoms with Crippen LogP contribution in [0, 0.1) is 11.3 Å². The number of nitriles is 1.